The van der Waals surface area contributed by atoms with Gasteiger partial charge >= 0.3 is 0 Å². The van der Waals surface area contributed by atoms with Gasteiger partial charge in [0.2, 0.25) is 5.82 Å². The Morgan fingerprint density at radius 2 is 1.94 bits per heavy atom. The molecule has 1 aliphatic carbocycles. The van der Waals surface area contributed by atoms with E-state index in [4.69, 9.17) is 10.5 Å². The summed E-state index contributed by atoms with van der Waals surface area (Å²) in [6.45, 7) is 4.39. The Kier molecular flexibility index (Phi) is 7.12. The van der Waals surface area contributed by atoms with Crippen molar-refractivity contribution in [1.29, 1.82) is 0 Å². The second-order valence-corrected chi connectivity index (χ2v) is 8.88. The number of likely N-dealkylation sites (N-methyl/N-ethyl adjacent to an activating group) is 1. The summed E-state index contributed by atoms with van der Waals surface area (Å²) in [5.74, 6) is 7.58. The topological polar surface area (TPSA) is 148 Å². The summed E-state index contributed by atoms with van der Waals surface area (Å²) in [6, 6.07) is 0. The molecule has 10 heteroatoms. The second kappa shape index (κ2) is 10.0. The van der Waals surface area contributed by atoms with E-state index in [0.717, 1.165) is 12.3 Å². The zero-order valence-electron chi connectivity index (χ0n) is 19.1. The van der Waals surface area contributed by atoms with E-state index in [1.807, 2.05) is 0 Å². The van der Waals surface area contributed by atoms with Crippen LogP contribution in [0.4, 0.5) is 5.82 Å². The van der Waals surface area contributed by atoms with E-state index >= 15 is 0 Å². The maximum Gasteiger partial charge on any atom is 0.252 e. The summed E-state index contributed by atoms with van der Waals surface area (Å²) >= 11 is 0. The molecule has 0 radical (unpaired) electrons. The van der Waals surface area contributed by atoms with Gasteiger partial charge in [-0.15, -0.1) is 0 Å². The first-order valence-corrected chi connectivity index (χ1v) is 11.7. The number of hydrogen-bond acceptors (Lipinski definition) is 8. The highest BCUT2D eigenvalue weighted by molar-refractivity contribution is 5.83. The normalized spacial score (nSPS) is 29.6. The Hall–Kier alpha value is -2.74. The first-order chi connectivity index (χ1) is 15.9. The van der Waals surface area contributed by atoms with Crippen molar-refractivity contribution in [3.05, 3.63) is 12.2 Å². The summed E-state index contributed by atoms with van der Waals surface area (Å²) in [5.41, 5.74) is 6.74. The average molecular weight is 457 g/mol. The fraction of sp³-hybridized carbons (Fsp3) is 0.652. The number of imidazole rings is 1. The monoisotopic (exact) mass is 456 g/mol. The van der Waals surface area contributed by atoms with Crippen LogP contribution in [-0.2, 0) is 9.53 Å². The molecule has 0 spiro atoms. The largest absolute Gasteiger partial charge is 0.387 e. The summed E-state index contributed by atoms with van der Waals surface area (Å²) in [7, 11) is 0. The average Bonchev–Trinajstić information content (AvgIpc) is 3.36. The SMILES string of the molecule is CCNC(=O)C1OC(n2cnc3c(N)nc(C#CCC4CCC(CC)CC4)nc32)C(O)C1O. The molecule has 1 amide bonds. The molecule has 33 heavy (non-hydrogen) atoms. The number of ether oxygens (including phenoxy) is 1. The highest BCUT2D eigenvalue weighted by Crippen LogP contribution is 2.33. The van der Waals surface area contributed by atoms with E-state index in [1.165, 1.54) is 43.0 Å². The van der Waals surface area contributed by atoms with Crippen molar-refractivity contribution in [3.63, 3.8) is 0 Å². The lowest BCUT2D eigenvalue weighted by molar-refractivity contribution is -0.137. The van der Waals surface area contributed by atoms with E-state index < -0.39 is 30.4 Å². The number of hydrogen-bond donors (Lipinski definition) is 4. The number of nitrogens with zero attached hydrogens (tertiary/aromatic N) is 4. The third kappa shape index (κ3) is 4.81. The van der Waals surface area contributed by atoms with Crippen molar-refractivity contribution in [2.45, 2.75) is 76.9 Å². The van der Waals surface area contributed by atoms with Gasteiger partial charge in [-0.1, -0.05) is 32.1 Å². The molecule has 1 saturated heterocycles. The molecule has 1 saturated carbocycles. The van der Waals surface area contributed by atoms with E-state index in [2.05, 4.69) is 39.0 Å². The van der Waals surface area contributed by atoms with Gasteiger partial charge in [-0.25, -0.2) is 15.0 Å². The van der Waals surface area contributed by atoms with Crippen molar-refractivity contribution in [1.82, 2.24) is 24.8 Å². The third-order valence-electron chi connectivity index (χ3n) is 6.70. The molecule has 4 rings (SSSR count). The number of anilines is 1. The van der Waals surface area contributed by atoms with Crippen LogP contribution in [0, 0.1) is 23.7 Å². The van der Waals surface area contributed by atoms with Crippen LogP contribution >= 0.6 is 0 Å². The lowest BCUT2D eigenvalue weighted by atomic mass is 9.80. The molecule has 178 valence electrons. The molecule has 2 aromatic heterocycles. The van der Waals surface area contributed by atoms with E-state index in [1.54, 1.807) is 6.92 Å². The molecule has 10 nitrogen and oxygen atoms in total. The number of rotatable bonds is 5. The van der Waals surface area contributed by atoms with Gasteiger partial charge in [-0.2, -0.15) is 0 Å². The van der Waals surface area contributed by atoms with Gasteiger partial charge in [0, 0.05) is 13.0 Å². The molecule has 2 aliphatic rings. The highest BCUT2D eigenvalue weighted by Gasteiger charge is 2.47. The van der Waals surface area contributed by atoms with Crippen molar-refractivity contribution in [3.8, 4) is 11.8 Å². The van der Waals surface area contributed by atoms with Gasteiger partial charge in [0.1, 0.15) is 17.7 Å². The minimum absolute atomic E-state index is 0.166. The number of nitrogen functional groups attached to an aromatic ring is 1. The van der Waals surface area contributed by atoms with Crippen LogP contribution in [-0.4, -0.2) is 60.5 Å². The first-order valence-electron chi connectivity index (χ1n) is 11.7. The molecule has 4 atom stereocenters. The summed E-state index contributed by atoms with van der Waals surface area (Å²) in [4.78, 5) is 25.1. The fourth-order valence-electron chi connectivity index (χ4n) is 4.68. The smallest absolute Gasteiger partial charge is 0.252 e. The van der Waals surface area contributed by atoms with Gasteiger partial charge in [-0.3, -0.25) is 9.36 Å². The zero-order chi connectivity index (χ0) is 23.5. The quantitative estimate of drug-likeness (QED) is 0.489. The molecule has 5 N–H and O–H groups in total. The summed E-state index contributed by atoms with van der Waals surface area (Å²) in [5, 5.41) is 23.5. The molecular formula is C23H32N6O4. The second-order valence-electron chi connectivity index (χ2n) is 8.88. The number of nitrogens with one attached hydrogen (secondary N) is 1. The maximum atomic E-state index is 12.2. The maximum absolute atomic E-state index is 12.2. The van der Waals surface area contributed by atoms with Crippen LogP contribution < -0.4 is 11.1 Å². The van der Waals surface area contributed by atoms with Crippen molar-refractivity contribution in [2.24, 2.45) is 11.8 Å². The zero-order valence-corrected chi connectivity index (χ0v) is 19.1. The van der Waals surface area contributed by atoms with E-state index in [9.17, 15) is 15.0 Å². The van der Waals surface area contributed by atoms with Gasteiger partial charge in [0.05, 0.1) is 6.33 Å². The third-order valence-corrected chi connectivity index (χ3v) is 6.70. The first kappa shape index (κ1) is 23.4. The number of fused-ring (bicyclic) bond motifs is 1. The van der Waals surface area contributed by atoms with Crippen molar-refractivity contribution in [2.75, 3.05) is 12.3 Å². The predicted molar refractivity (Wildman–Crippen MR) is 122 cm³/mol. The lowest BCUT2D eigenvalue weighted by Crippen LogP contribution is -2.42. The van der Waals surface area contributed by atoms with Crippen LogP contribution in [0.2, 0.25) is 0 Å². The number of carbonyl (C=O) groups excluding carboxylic acids is 1. The van der Waals surface area contributed by atoms with Gasteiger partial charge in [-0.05, 0) is 37.5 Å². The Balaban J connectivity index is 1.53. The van der Waals surface area contributed by atoms with Crippen molar-refractivity contribution < 1.29 is 19.7 Å². The Labute approximate surface area is 193 Å². The molecular weight excluding hydrogens is 424 g/mol. The van der Waals surface area contributed by atoms with Gasteiger partial charge in [0.25, 0.3) is 5.91 Å². The number of carbonyl (C=O) groups is 1. The standard InChI is InChI=1S/C23H32N6O4/c1-3-13-8-10-14(11-9-13)6-5-7-15-27-20(24)16-21(28-15)29(12-26-16)23-18(31)17(30)19(33-23)22(32)25-4-2/h12-14,17-19,23,30-31H,3-4,6,8-11H2,1-2H3,(H,25,32)(H2,24,27,28). The van der Waals surface area contributed by atoms with E-state index in [-0.39, 0.29) is 11.6 Å². The molecule has 0 bridgehead atoms. The number of amides is 1. The van der Waals surface area contributed by atoms with Gasteiger partial charge in [0.15, 0.2) is 23.8 Å². The molecule has 2 aromatic rings. The van der Waals surface area contributed by atoms with E-state index in [0.29, 0.717) is 23.6 Å². The van der Waals surface area contributed by atoms with Crippen molar-refractivity contribution >= 4 is 22.9 Å². The van der Waals surface area contributed by atoms with Crippen LogP contribution in [0.5, 0.6) is 0 Å². The molecule has 2 fully saturated rings. The minimum Gasteiger partial charge on any atom is -0.387 e. The molecule has 3 heterocycles. The summed E-state index contributed by atoms with van der Waals surface area (Å²) in [6.07, 6.45) is 3.39. The number of aliphatic hydroxyl groups is 2. The van der Waals surface area contributed by atoms with Crippen LogP contribution in [0.1, 0.15) is 64.4 Å². The predicted octanol–water partition coefficient (Wildman–Crippen LogP) is 1.12. The Bertz CT molecular complexity index is 1050. The van der Waals surface area contributed by atoms with Crippen LogP contribution in [0.15, 0.2) is 6.33 Å². The Morgan fingerprint density at radius 1 is 1.21 bits per heavy atom. The Morgan fingerprint density at radius 3 is 2.64 bits per heavy atom. The lowest BCUT2D eigenvalue weighted by Gasteiger charge is -2.26. The molecule has 0 aromatic carbocycles. The van der Waals surface area contributed by atoms with Crippen LogP contribution in [0.3, 0.4) is 0 Å². The molecule has 4 unspecified atom stereocenters. The van der Waals surface area contributed by atoms with Gasteiger partial charge < -0.3 is 26.0 Å². The number of nitrogens with two attached hydrogens (primary N) is 1. The fourth-order valence-corrected chi connectivity index (χ4v) is 4.68. The molecule has 1 aliphatic heterocycles. The number of aromatic nitrogens is 4. The van der Waals surface area contributed by atoms with Crippen LogP contribution in [0.25, 0.3) is 11.2 Å². The highest BCUT2D eigenvalue weighted by atomic mass is 16.6. The number of aliphatic hydroxyl groups excluding tert-OH is 2. The minimum atomic E-state index is -1.39. The summed E-state index contributed by atoms with van der Waals surface area (Å²) < 4.78 is 7.14.